The van der Waals surface area contributed by atoms with Crippen LogP contribution in [0.4, 0.5) is 4.39 Å². The van der Waals surface area contributed by atoms with Crippen LogP contribution >= 0.6 is 0 Å². The summed E-state index contributed by atoms with van der Waals surface area (Å²) in [4.78, 5) is 0. The van der Waals surface area contributed by atoms with E-state index in [-0.39, 0.29) is 12.4 Å². The number of hydrogen-bond acceptors (Lipinski definition) is 3. The van der Waals surface area contributed by atoms with Crippen molar-refractivity contribution in [1.29, 1.82) is 0 Å². The zero-order chi connectivity index (χ0) is 16.0. The summed E-state index contributed by atoms with van der Waals surface area (Å²) >= 11 is 0. The standard InChI is InChI=1S/C18H23FN2O/c19-16-8-4-7-15(11-16)9-10-18(22,13-20)17(21)12-14-5-2-1-3-6-14/h1-8,11,17,22H,9-10,12-13,20-21H2/t17-,18+/m0/s1. The third kappa shape index (κ3) is 4.37. The van der Waals surface area contributed by atoms with Gasteiger partial charge in [-0.2, -0.15) is 0 Å². The van der Waals surface area contributed by atoms with Crippen LogP contribution in [-0.2, 0) is 12.8 Å². The molecule has 2 aromatic carbocycles. The largest absolute Gasteiger partial charge is 0.387 e. The molecule has 3 nitrogen and oxygen atoms in total. The summed E-state index contributed by atoms with van der Waals surface area (Å²) in [5.74, 6) is -0.276. The first-order chi connectivity index (χ1) is 10.5. The molecule has 0 bridgehead atoms. The van der Waals surface area contributed by atoms with Gasteiger partial charge in [-0.15, -0.1) is 0 Å². The molecule has 0 heterocycles. The van der Waals surface area contributed by atoms with E-state index in [1.165, 1.54) is 12.1 Å². The Bertz CT molecular complexity index is 591. The van der Waals surface area contributed by atoms with Crippen molar-refractivity contribution in [3.05, 3.63) is 71.5 Å². The van der Waals surface area contributed by atoms with Gasteiger partial charge in [0.05, 0.1) is 5.60 Å². The molecule has 0 aromatic heterocycles. The second kappa shape index (κ2) is 7.49. The SMILES string of the molecule is NC[C@](O)(CCc1cccc(F)c1)[C@@H](N)Cc1ccccc1. The molecule has 5 N–H and O–H groups in total. The van der Waals surface area contributed by atoms with Gasteiger partial charge in [-0.25, -0.2) is 4.39 Å². The summed E-state index contributed by atoms with van der Waals surface area (Å²) in [5.41, 5.74) is 12.7. The lowest BCUT2D eigenvalue weighted by molar-refractivity contribution is 0.0146. The molecule has 0 saturated carbocycles. The highest BCUT2D eigenvalue weighted by molar-refractivity contribution is 5.19. The zero-order valence-electron chi connectivity index (χ0n) is 12.6. The van der Waals surface area contributed by atoms with Crippen LogP contribution in [0.5, 0.6) is 0 Å². The number of benzene rings is 2. The summed E-state index contributed by atoms with van der Waals surface area (Å²) in [6.07, 6.45) is 1.49. The van der Waals surface area contributed by atoms with E-state index in [1.807, 2.05) is 36.4 Å². The molecule has 0 amide bonds. The fourth-order valence-corrected chi connectivity index (χ4v) is 2.55. The summed E-state index contributed by atoms with van der Waals surface area (Å²) < 4.78 is 13.2. The minimum Gasteiger partial charge on any atom is -0.387 e. The zero-order valence-corrected chi connectivity index (χ0v) is 12.6. The Morgan fingerprint density at radius 1 is 1.05 bits per heavy atom. The van der Waals surface area contributed by atoms with Gasteiger partial charge in [-0.3, -0.25) is 0 Å². The van der Waals surface area contributed by atoms with E-state index in [0.717, 1.165) is 11.1 Å². The molecule has 0 aliphatic heterocycles. The fraction of sp³-hybridized carbons (Fsp3) is 0.333. The predicted octanol–water partition coefficient (Wildman–Crippen LogP) is 2.02. The maximum absolute atomic E-state index is 13.2. The summed E-state index contributed by atoms with van der Waals surface area (Å²) in [6.45, 7) is 0.0797. The average Bonchev–Trinajstić information content (AvgIpc) is 2.53. The van der Waals surface area contributed by atoms with Gasteiger partial charge in [-0.1, -0.05) is 42.5 Å². The molecule has 0 aliphatic carbocycles. The summed E-state index contributed by atoms with van der Waals surface area (Å²) in [5, 5.41) is 10.7. The van der Waals surface area contributed by atoms with Crippen LogP contribution in [0.25, 0.3) is 0 Å². The predicted molar refractivity (Wildman–Crippen MR) is 86.8 cm³/mol. The lowest BCUT2D eigenvalue weighted by Crippen LogP contribution is -2.54. The normalized spacial score (nSPS) is 15.3. The van der Waals surface area contributed by atoms with Gasteiger partial charge in [0.25, 0.3) is 0 Å². The molecule has 2 atom stereocenters. The molecule has 2 aromatic rings. The van der Waals surface area contributed by atoms with Crippen LogP contribution in [0, 0.1) is 5.82 Å². The van der Waals surface area contributed by atoms with Crippen molar-refractivity contribution < 1.29 is 9.50 Å². The van der Waals surface area contributed by atoms with E-state index in [0.29, 0.717) is 19.3 Å². The summed E-state index contributed by atoms with van der Waals surface area (Å²) in [7, 11) is 0. The third-order valence-electron chi connectivity index (χ3n) is 4.08. The first kappa shape index (κ1) is 16.6. The van der Waals surface area contributed by atoms with Gasteiger partial charge in [0.1, 0.15) is 5.82 Å². The molecule has 0 unspecified atom stereocenters. The topological polar surface area (TPSA) is 72.3 Å². The van der Waals surface area contributed by atoms with Crippen LogP contribution in [0.3, 0.4) is 0 Å². The molecular formula is C18H23FN2O. The Hall–Kier alpha value is -1.75. The van der Waals surface area contributed by atoms with Crippen molar-refractivity contribution in [2.75, 3.05) is 6.54 Å². The van der Waals surface area contributed by atoms with E-state index in [4.69, 9.17) is 11.5 Å². The Balaban J connectivity index is 2.01. The van der Waals surface area contributed by atoms with Gasteiger partial charge in [-0.05, 0) is 42.5 Å². The molecule has 2 rings (SSSR count). The van der Waals surface area contributed by atoms with Crippen LogP contribution in [0.15, 0.2) is 54.6 Å². The molecule has 22 heavy (non-hydrogen) atoms. The van der Waals surface area contributed by atoms with Gasteiger partial charge in [0.15, 0.2) is 0 Å². The van der Waals surface area contributed by atoms with Crippen molar-refractivity contribution in [3.8, 4) is 0 Å². The highest BCUT2D eigenvalue weighted by atomic mass is 19.1. The average molecular weight is 302 g/mol. The van der Waals surface area contributed by atoms with E-state index in [9.17, 15) is 9.50 Å². The molecule has 0 saturated heterocycles. The number of nitrogens with two attached hydrogens (primary N) is 2. The minimum absolute atomic E-state index is 0.0797. The molecule has 0 aliphatic rings. The molecule has 4 heteroatoms. The molecule has 118 valence electrons. The van der Waals surface area contributed by atoms with Crippen molar-refractivity contribution in [2.24, 2.45) is 11.5 Å². The fourth-order valence-electron chi connectivity index (χ4n) is 2.55. The first-order valence-electron chi connectivity index (χ1n) is 7.50. The van der Waals surface area contributed by atoms with Gasteiger partial charge in [0.2, 0.25) is 0 Å². The first-order valence-corrected chi connectivity index (χ1v) is 7.50. The number of hydrogen-bond donors (Lipinski definition) is 3. The van der Waals surface area contributed by atoms with E-state index in [2.05, 4.69) is 0 Å². The van der Waals surface area contributed by atoms with Crippen LogP contribution < -0.4 is 11.5 Å². The highest BCUT2D eigenvalue weighted by Crippen LogP contribution is 2.20. The van der Waals surface area contributed by atoms with E-state index < -0.39 is 11.6 Å². The summed E-state index contributed by atoms with van der Waals surface area (Å²) in [6, 6.07) is 15.7. The molecule has 0 fully saturated rings. The third-order valence-corrected chi connectivity index (χ3v) is 4.08. The number of aryl methyl sites for hydroxylation is 1. The molecular weight excluding hydrogens is 279 g/mol. The molecule has 0 spiro atoms. The Labute approximate surface area is 130 Å². The van der Waals surface area contributed by atoms with Gasteiger partial charge < -0.3 is 16.6 Å². The van der Waals surface area contributed by atoms with E-state index in [1.54, 1.807) is 6.07 Å². The van der Waals surface area contributed by atoms with Crippen LogP contribution in [0.2, 0.25) is 0 Å². The minimum atomic E-state index is -1.16. The lowest BCUT2D eigenvalue weighted by Gasteiger charge is -2.33. The maximum atomic E-state index is 13.2. The highest BCUT2D eigenvalue weighted by Gasteiger charge is 2.32. The van der Waals surface area contributed by atoms with Gasteiger partial charge >= 0.3 is 0 Å². The van der Waals surface area contributed by atoms with Crippen molar-refractivity contribution in [2.45, 2.75) is 30.9 Å². The van der Waals surface area contributed by atoms with Gasteiger partial charge in [0, 0.05) is 12.6 Å². The number of rotatable bonds is 7. The Kier molecular flexibility index (Phi) is 5.66. The Morgan fingerprint density at radius 2 is 1.73 bits per heavy atom. The lowest BCUT2D eigenvalue weighted by atomic mass is 9.85. The Morgan fingerprint density at radius 3 is 2.36 bits per heavy atom. The van der Waals surface area contributed by atoms with Crippen LogP contribution in [-0.4, -0.2) is 23.3 Å². The second-order valence-electron chi connectivity index (χ2n) is 5.73. The second-order valence-corrected chi connectivity index (χ2v) is 5.73. The monoisotopic (exact) mass is 302 g/mol. The number of halogens is 1. The maximum Gasteiger partial charge on any atom is 0.123 e. The molecule has 0 radical (unpaired) electrons. The quantitative estimate of drug-likeness (QED) is 0.732. The van der Waals surface area contributed by atoms with E-state index >= 15 is 0 Å². The van der Waals surface area contributed by atoms with Crippen LogP contribution in [0.1, 0.15) is 17.5 Å². The van der Waals surface area contributed by atoms with Crippen molar-refractivity contribution in [3.63, 3.8) is 0 Å². The van der Waals surface area contributed by atoms with Crippen molar-refractivity contribution in [1.82, 2.24) is 0 Å². The smallest absolute Gasteiger partial charge is 0.123 e. The number of aliphatic hydroxyl groups is 1. The van der Waals surface area contributed by atoms with Crippen molar-refractivity contribution >= 4 is 0 Å².